The number of benzene rings is 2. The average Bonchev–Trinajstić information content (AvgIpc) is 3.46. The molecule has 134 valence electrons. The normalized spacial score (nSPS) is 12.4. The zero-order valence-electron chi connectivity index (χ0n) is 13.9. The smallest absolute Gasteiger partial charge is 0.277 e. The van der Waals surface area contributed by atoms with Crippen molar-refractivity contribution in [2.45, 2.75) is 11.0 Å². The number of hydrogen-bond acceptors (Lipinski definition) is 9. The standard InChI is InChI=1S/C18H12N4O4S/c1-2-4-11(5-3-1)16-20-19-15(25-16)9-27-18-22-21-17(26-18)12-6-7-13-14(8-12)24-10-23-13/h1-8H,9-10H2. The van der Waals surface area contributed by atoms with Crippen molar-refractivity contribution in [1.82, 2.24) is 20.4 Å². The Hall–Kier alpha value is -3.33. The molecule has 0 aliphatic carbocycles. The van der Waals surface area contributed by atoms with Crippen LogP contribution in [0.4, 0.5) is 0 Å². The highest BCUT2D eigenvalue weighted by Gasteiger charge is 2.17. The van der Waals surface area contributed by atoms with Gasteiger partial charge in [0.05, 0.1) is 5.75 Å². The summed E-state index contributed by atoms with van der Waals surface area (Å²) in [5.74, 6) is 3.19. The highest BCUT2D eigenvalue weighted by atomic mass is 32.2. The summed E-state index contributed by atoms with van der Waals surface area (Å²) in [4.78, 5) is 0. The van der Waals surface area contributed by atoms with Crippen LogP contribution < -0.4 is 9.47 Å². The van der Waals surface area contributed by atoms with Gasteiger partial charge in [-0.2, -0.15) is 0 Å². The molecule has 0 atom stereocenters. The summed E-state index contributed by atoms with van der Waals surface area (Å²) in [7, 11) is 0. The van der Waals surface area contributed by atoms with Crippen molar-refractivity contribution in [3.8, 4) is 34.4 Å². The molecule has 2 aromatic heterocycles. The van der Waals surface area contributed by atoms with Crippen molar-refractivity contribution in [2.24, 2.45) is 0 Å². The second-order valence-corrected chi connectivity index (χ2v) is 6.52. The fourth-order valence-electron chi connectivity index (χ4n) is 2.55. The summed E-state index contributed by atoms with van der Waals surface area (Å²) in [5.41, 5.74) is 1.65. The van der Waals surface area contributed by atoms with Crippen molar-refractivity contribution in [3.05, 3.63) is 54.4 Å². The molecule has 0 radical (unpaired) electrons. The quantitative estimate of drug-likeness (QED) is 0.479. The van der Waals surface area contributed by atoms with Gasteiger partial charge in [0.15, 0.2) is 11.5 Å². The Morgan fingerprint density at radius 2 is 1.59 bits per heavy atom. The van der Waals surface area contributed by atoms with Crippen LogP contribution in [-0.4, -0.2) is 27.2 Å². The first-order valence-electron chi connectivity index (χ1n) is 8.09. The first-order valence-corrected chi connectivity index (χ1v) is 9.08. The molecule has 8 nitrogen and oxygen atoms in total. The second-order valence-electron chi connectivity index (χ2n) is 5.60. The number of thioether (sulfide) groups is 1. The molecule has 9 heteroatoms. The summed E-state index contributed by atoms with van der Waals surface area (Å²) < 4.78 is 22.0. The monoisotopic (exact) mass is 380 g/mol. The van der Waals surface area contributed by atoms with Crippen molar-refractivity contribution in [1.29, 1.82) is 0 Å². The lowest BCUT2D eigenvalue weighted by Gasteiger charge is -1.97. The largest absolute Gasteiger partial charge is 0.454 e. The summed E-state index contributed by atoms with van der Waals surface area (Å²) in [6.07, 6.45) is 0. The van der Waals surface area contributed by atoms with E-state index in [2.05, 4.69) is 20.4 Å². The molecule has 0 amide bonds. The van der Waals surface area contributed by atoms with Gasteiger partial charge in [0.25, 0.3) is 5.22 Å². The molecular formula is C18H12N4O4S. The van der Waals surface area contributed by atoms with Crippen LogP contribution >= 0.6 is 11.8 Å². The first kappa shape index (κ1) is 15.9. The Labute approximate surface area is 157 Å². The van der Waals surface area contributed by atoms with Crippen LogP contribution in [0.2, 0.25) is 0 Å². The van der Waals surface area contributed by atoms with Crippen molar-refractivity contribution < 1.29 is 18.3 Å². The third-order valence-electron chi connectivity index (χ3n) is 3.83. The van der Waals surface area contributed by atoms with Gasteiger partial charge in [-0.1, -0.05) is 30.0 Å². The Kier molecular flexibility index (Phi) is 3.98. The fourth-order valence-corrected chi connectivity index (χ4v) is 3.15. The van der Waals surface area contributed by atoms with Crippen LogP contribution in [-0.2, 0) is 5.75 Å². The molecular weight excluding hydrogens is 368 g/mol. The third-order valence-corrected chi connectivity index (χ3v) is 4.64. The van der Waals surface area contributed by atoms with Crippen molar-refractivity contribution in [2.75, 3.05) is 6.79 Å². The van der Waals surface area contributed by atoms with Gasteiger partial charge in [0.2, 0.25) is 24.5 Å². The van der Waals surface area contributed by atoms with Crippen LogP contribution in [0, 0.1) is 0 Å². The lowest BCUT2D eigenvalue weighted by Crippen LogP contribution is -1.92. The Morgan fingerprint density at radius 1 is 0.778 bits per heavy atom. The van der Waals surface area contributed by atoms with Crippen molar-refractivity contribution in [3.63, 3.8) is 0 Å². The highest BCUT2D eigenvalue weighted by molar-refractivity contribution is 7.98. The Balaban J connectivity index is 1.27. The van der Waals surface area contributed by atoms with Gasteiger partial charge in [-0.25, -0.2) is 0 Å². The fraction of sp³-hybridized carbons (Fsp3) is 0.111. The van der Waals surface area contributed by atoms with E-state index in [-0.39, 0.29) is 6.79 Å². The molecule has 0 unspecified atom stereocenters. The van der Waals surface area contributed by atoms with E-state index >= 15 is 0 Å². The highest BCUT2D eigenvalue weighted by Crippen LogP contribution is 2.36. The molecule has 0 saturated heterocycles. The molecule has 0 spiro atoms. The van der Waals surface area contributed by atoms with Gasteiger partial charge in [-0.3, -0.25) is 0 Å². The second kappa shape index (κ2) is 6.76. The molecule has 1 aliphatic rings. The number of fused-ring (bicyclic) bond motifs is 1. The topological polar surface area (TPSA) is 96.3 Å². The van der Waals surface area contributed by atoms with Gasteiger partial charge in [0, 0.05) is 11.1 Å². The van der Waals surface area contributed by atoms with E-state index < -0.39 is 0 Å². The third kappa shape index (κ3) is 3.24. The molecule has 0 saturated carbocycles. The molecule has 2 aromatic carbocycles. The van der Waals surface area contributed by atoms with E-state index in [0.717, 1.165) is 11.1 Å². The van der Waals surface area contributed by atoms with Gasteiger partial charge in [0.1, 0.15) is 0 Å². The minimum absolute atomic E-state index is 0.221. The minimum atomic E-state index is 0.221. The van der Waals surface area contributed by atoms with E-state index in [4.69, 9.17) is 18.3 Å². The predicted octanol–water partition coefficient (Wildman–Crippen LogP) is 3.81. The van der Waals surface area contributed by atoms with Crippen LogP contribution in [0.1, 0.15) is 5.89 Å². The number of nitrogens with zero attached hydrogens (tertiary/aromatic N) is 4. The van der Waals surface area contributed by atoms with E-state index in [0.29, 0.717) is 40.1 Å². The van der Waals surface area contributed by atoms with Crippen LogP contribution in [0.3, 0.4) is 0 Å². The lowest BCUT2D eigenvalue weighted by molar-refractivity contribution is 0.174. The number of rotatable bonds is 5. The molecule has 4 aromatic rings. The van der Waals surface area contributed by atoms with Gasteiger partial charge < -0.3 is 18.3 Å². The van der Waals surface area contributed by atoms with Gasteiger partial charge >= 0.3 is 0 Å². The van der Waals surface area contributed by atoms with Gasteiger partial charge in [-0.15, -0.1) is 20.4 Å². The van der Waals surface area contributed by atoms with E-state index in [1.54, 1.807) is 0 Å². The summed E-state index contributed by atoms with van der Waals surface area (Å²) in [6, 6.07) is 15.1. The molecule has 0 bridgehead atoms. The van der Waals surface area contributed by atoms with Crippen LogP contribution in [0.25, 0.3) is 22.9 Å². The molecule has 0 N–H and O–H groups in total. The Morgan fingerprint density at radius 3 is 2.52 bits per heavy atom. The minimum Gasteiger partial charge on any atom is -0.454 e. The van der Waals surface area contributed by atoms with Crippen LogP contribution in [0.15, 0.2) is 62.6 Å². The SMILES string of the molecule is c1ccc(-c2nnc(CSc3nnc(-c4ccc5c(c4)OCO5)o3)o2)cc1. The number of aromatic nitrogens is 4. The molecule has 27 heavy (non-hydrogen) atoms. The molecule has 0 fully saturated rings. The summed E-state index contributed by atoms with van der Waals surface area (Å²) in [6.45, 7) is 0.221. The zero-order chi connectivity index (χ0) is 18.1. The predicted molar refractivity (Wildman–Crippen MR) is 95.2 cm³/mol. The summed E-state index contributed by atoms with van der Waals surface area (Å²) in [5, 5.41) is 16.7. The van der Waals surface area contributed by atoms with E-state index in [1.165, 1.54) is 11.8 Å². The van der Waals surface area contributed by atoms with Crippen molar-refractivity contribution >= 4 is 11.8 Å². The maximum absolute atomic E-state index is 5.70. The van der Waals surface area contributed by atoms with Crippen LogP contribution in [0.5, 0.6) is 11.5 Å². The van der Waals surface area contributed by atoms with E-state index in [9.17, 15) is 0 Å². The maximum Gasteiger partial charge on any atom is 0.277 e. The van der Waals surface area contributed by atoms with Gasteiger partial charge in [-0.05, 0) is 30.3 Å². The first-order chi connectivity index (χ1) is 13.3. The molecule has 1 aliphatic heterocycles. The lowest BCUT2D eigenvalue weighted by atomic mass is 10.2. The zero-order valence-corrected chi connectivity index (χ0v) is 14.7. The average molecular weight is 380 g/mol. The molecule has 3 heterocycles. The number of ether oxygens (including phenoxy) is 2. The van der Waals surface area contributed by atoms with E-state index in [1.807, 2.05) is 48.5 Å². The molecule has 5 rings (SSSR count). The Bertz CT molecular complexity index is 1080. The number of hydrogen-bond donors (Lipinski definition) is 0. The maximum atomic E-state index is 5.70. The summed E-state index contributed by atoms with van der Waals surface area (Å²) >= 11 is 1.33.